The van der Waals surface area contributed by atoms with E-state index in [4.69, 9.17) is 4.42 Å². The highest BCUT2D eigenvalue weighted by Crippen LogP contribution is 2.36. The predicted molar refractivity (Wildman–Crippen MR) is 166 cm³/mol. The maximum atomic E-state index is 12.9. The summed E-state index contributed by atoms with van der Waals surface area (Å²) in [6.07, 6.45) is 5.95. The number of rotatable bonds is 11. The Morgan fingerprint density at radius 1 is 1.14 bits per heavy atom. The summed E-state index contributed by atoms with van der Waals surface area (Å²) in [4.78, 5) is 55.3. The molecule has 220 valence electrons. The van der Waals surface area contributed by atoms with Crippen LogP contribution in [0.15, 0.2) is 55.8 Å². The average Bonchev–Trinajstić information content (AvgIpc) is 3.78. The van der Waals surface area contributed by atoms with Crippen molar-refractivity contribution in [3.63, 3.8) is 0 Å². The van der Waals surface area contributed by atoms with Crippen molar-refractivity contribution in [1.29, 1.82) is 0 Å². The SMILES string of the molecule is O=C(CCCC[C@@H]1SC[C@@H]2NC(=O)N[C@@H]21)NCCCN1C(=O)S/C(=C\c2ccc(SC3=Nc4ccccc4C3)o2)C1=O. The molecule has 0 spiro atoms. The lowest BCUT2D eigenvalue weighted by Crippen LogP contribution is -2.36. The molecule has 10 nitrogen and oxygen atoms in total. The van der Waals surface area contributed by atoms with Crippen LogP contribution in [0, 0.1) is 0 Å². The number of thioether (sulfide) groups is 3. The molecule has 5 heterocycles. The van der Waals surface area contributed by atoms with Gasteiger partial charge in [0.25, 0.3) is 11.1 Å². The molecule has 1 aromatic heterocycles. The zero-order chi connectivity index (χ0) is 29.1. The predicted octanol–water partition coefficient (Wildman–Crippen LogP) is 4.93. The number of unbranched alkanes of at least 4 members (excludes halogenated alkanes) is 1. The van der Waals surface area contributed by atoms with E-state index in [9.17, 15) is 19.2 Å². The summed E-state index contributed by atoms with van der Waals surface area (Å²) in [7, 11) is 0. The van der Waals surface area contributed by atoms with Crippen molar-refractivity contribution < 1.29 is 23.6 Å². The summed E-state index contributed by atoms with van der Waals surface area (Å²) in [5.41, 5.74) is 2.17. The highest BCUT2D eigenvalue weighted by molar-refractivity contribution is 8.18. The van der Waals surface area contributed by atoms with Crippen LogP contribution in [0.3, 0.4) is 0 Å². The molecule has 2 aromatic rings. The number of para-hydroxylation sites is 1. The topological polar surface area (TPSA) is 133 Å². The summed E-state index contributed by atoms with van der Waals surface area (Å²) in [6.45, 7) is 0.634. The largest absolute Gasteiger partial charge is 0.450 e. The van der Waals surface area contributed by atoms with E-state index < -0.39 is 0 Å². The number of urea groups is 1. The molecule has 42 heavy (non-hydrogen) atoms. The van der Waals surface area contributed by atoms with Gasteiger partial charge < -0.3 is 20.4 Å². The van der Waals surface area contributed by atoms with Gasteiger partial charge in [0.15, 0.2) is 5.09 Å². The number of hydrogen-bond acceptors (Lipinski definition) is 9. The lowest BCUT2D eigenvalue weighted by Gasteiger charge is -2.16. The van der Waals surface area contributed by atoms with Gasteiger partial charge in [-0.05, 0) is 66.5 Å². The molecule has 0 radical (unpaired) electrons. The molecule has 0 aliphatic carbocycles. The van der Waals surface area contributed by atoms with E-state index in [1.807, 2.05) is 36.0 Å². The maximum Gasteiger partial charge on any atom is 0.315 e. The van der Waals surface area contributed by atoms with Crippen LogP contribution < -0.4 is 16.0 Å². The summed E-state index contributed by atoms with van der Waals surface area (Å²) in [5, 5.41) is 10.5. The molecule has 5 amide bonds. The number of aliphatic imine (C=N–C) groups is 1. The quantitative estimate of drug-likeness (QED) is 0.182. The van der Waals surface area contributed by atoms with Gasteiger partial charge in [-0.15, -0.1) is 0 Å². The molecule has 3 atom stereocenters. The third-order valence-electron chi connectivity index (χ3n) is 7.51. The van der Waals surface area contributed by atoms with Gasteiger partial charge in [0.05, 0.1) is 27.7 Å². The van der Waals surface area contributed by atoms with Crippen molar-refractivity contribution in [2.75, 3.05) is 18.8 Å². The standard InChI is InChI=1S/C29H31N5O5S3/c35-23(9-4-3-8-21-26-20(16-40-21)32-28(37)33-26)30-12-5-13-34-27(36)22(41-29(34)38)15-18-10-11-25(39-18)42-24-14-17-6-1-2-7-19(17)31-24/h1-2,6-7,10-11,15,20-21,26H,3-5,8-9,12-14,16H2,(H,30,35)(H2,32,33,37)/b22-15-/t20-,21-,26-/m0/s1. The second-order valence-corrected chi connectivity index (χ2v) is 13.8. The maximum absolute atomic E-state index is 12.9. The van der Waals surface area contributed by atoms with Gasteiger partial charge in [0.1, 0.15) is 5.76 Å². The van der Waals surface area contributed by atoms with E-state index in [1.165, 1.54) is 22.2 Å². The lowest BCUT2D eigenvalue weighted by molar-refractivity contribution is -0.122. The van der Waals surface area contributed by atoms with Crippen molar-refractivity contribution in [2.45, 2.75) is 61.0 Å². The fraction of sp³-hybridized carbons (Fsp3) is 0.414. The summed E-state index contributed by atoms with van der Waals surface area (Å²) in [5.74, 6) is 1.05. The number of benzene rings is 1. The third-order valence-corrected chi connectivity index (χ3v) is 10.8. The molecular formula is C29H31N5O5S3. The molecule has 0 unspecified atom stereocenters. The van der Waals surface area contributed by atoms with Crippen LogP contribution in [-0.2, 0) is 16.0 Å². The van der Waals surface area contributed by atoms with Gasteiger partial charge >= 0.3 is 6.03 Å². The first kappa shape index (κ1) is 28.9. The molecule has 3 N–H and O–H groups in total. The van der Waals surface area contributed by atoms with Crippen LogP contribution in [0.1, 0.15) is 43.4 Å². The molecule has 4 aliphatic rings. The lowest BCUT2D eigenvalue weighted by atomic mass is 10.0. The molecule has 3 saturated heterocycles. The van der Waals surface area contributed by atoms with Crippen molar-refractivity contribution in [2.24, 2.45) is 4.99 Å². The minimum atomic E-state index is -0.349. The Kier molecular flexibility index (Phi) is 8.96. The summed E-state index contributed by atoms with van der Waals surface area (Å²) >= 11 is 4.23. The van der Waals surface area contributed by atoms with Crippen molar-refractivity contribution in [3.05, 3.63) is 52.6 Å². The molecule has 13 heteroatoms. The molecule has 3 fully saturated rings. The van der Waals surface area contributed by atoms with E-state index in [-0.39, 0.29) is 41.7 Å². The molecule has 0 bridgehead atoms. The Hall–Kier alpha value is -3.16. The first-order valence-corrected chi connectivity index (χ1v) is 16.7. The van der Waals surface area contributed by atoms with Gasteiger partial charge in [-0.3, -0.25) is 19.3 Å². The number of nitrogens with one attached hydrogen (secondary N) is 3. The van der Waals surface area contributed by atoms with E-state index in [2.05, 4.69) is 27.0 Å². The minimum absolute atomic E-state index is 0.0317. The second kappa shape index (κ2) is 13.0. The van der Waals surface area contributed by atoms with E-state index >= 15 is 0 Å². The first-order chi connectivity index (χ1) is 20.4. The second-order valence-electron chi connectivity index (χ2n) is 10.5. The van der Waals surface area contributed by atoms with Crippen LogP contribution in [0.25, 0.3) is 6.08 Å². The molecule has 0 saturated carbocycles. The smallest absolute Gasteiger partial charge is 0.315 e. The van der Waals surface area contributed by atoms with Gasteiger partial charge in [0.2, 0.25) is 5.91 Å². The number of carbonyl (C=O) groups is 4. The fourth-order valence-electron chi connectivity index (χ4n) is 5.40. The van der Waals surface area contributed by atoms with Crippen LogP contribution >= 0.6 is 35.3 Å². The number of hydrogen-bond donors (Lipinski definition) is 3. The molecular weight excluding hydrogens is 595 g/mol. The number of carbonyl (C=O) groups excluding carboxylic acids is 4. The number of imide groups is 1. The van der Waals surface area contributed by atoms with Gasteiger partial charge in [-0.25, -0.2) is 9.79 Å². The average molecular weight is 626 g/mol. The Bertz CT molecular complexity index is 1460. The number of amides is 5. The molecule has 1 aromatic carbocycles. The monoisotopic (exact) mass is 625 g/mol. The third kappa shape index (κ3) is 6.73. The Balaban J connectivity index is 0.888. The van der Waals surface area contributed by atoms with Gasteiger partial charge in [-0.2, -0.15) is 11.8 Å². The van der Waals surface area contributed by atoms with Crippen LogP contribution in [0.4, 0.5) is 15.3 Å². The van der Waals surface area contributed by atoms with Crippen molar-refractivity contribution in [3.8, 4) is 0 Å². The first-order valence-electron chi connectivity index (χ1n) is 14.1. The number of furan rings is 1. The highest BCUT2D eigenvalue weighted by atomic mass is 32.2. The normalized spacial score (nSPS) is 23.7. The van der Waals surface area contributed by atoms with Gasteiger partial charge in [0, 0.05) is 43.0 Å². The zero-order valence-corrected chi connectivity index (χ0v) is 25.2. The Morgan fingerprint density at radius 2 is 2.02 bits per heavy atom. The van der Waals surface area contributed by atoms with E-state index in [0.29, 0.717) is 40.4 Å². The highest BCUT2D eigenvalue weighted by Gasteiger charge is 2.42. The van der Waals surface area contributed by atoms with Crippen LogP contribution in [-0.4, -0.2) is 69.2 Å². The Morgan fingerprint density at radius 3 is 2.90 bits per heavy atom. The van der Waals surface area contributed by atoms with Crippen molar-refractivity contribution >= 4 is 75.2 Å². The fourth-order valence-corrected chi connectivity index (χ4v) is 8.66. The van der Waals surface area contributed by atoms with Crippen LogP contribution in [0.2, 0.25) is 0 Å². The Labute approximate surface area is 256 Å². The summed E-state index contributed by atoms with van der Waals surface area (Å²) < 4.78 is 5.88. The number of fused-ring (bicyclic) bond motifs is 2. The van der Waals surface area contributed by atoms with Crippen molar-refractivity contribution in [1.82, 2.24) is 20.9 Å². The minimum Gasteiger partial charge on any atom is -0.450 e. The van der Waals surface area contributed by atoms with E-state index in [1.54, 1.807) is 12.1 Å². The summed E-state index contributed by atoms with van der Waals surface area (Å²) in [6, 6.07) is 12.0. The number of nitrogens with zero attached hydrogens (tertiary/aromatic N) is 2. The van der Waals surface area contributed by atoms with Crippen LogP contribution in [0.5, 0.6) is 0 Å². The van der Waals surface area contributed by atoms with Gasteiger partial charge in [-0.1, -0.05) is 24.6 Å². The van der Waals surface area contributed by atoms with E-state index in [0.717, 1.165) is 53.9 Å². The zero-order valence-electron chi connectivity index (χ0n) is 22.8. The molecule has 6 rings (SSSR count). The molecule has 4 aliphatic heterocycles.